The number of carbonyl (C=O) groups excluding carboxylic acids is 1. The second-order valence-corrected chi connectivity index (χ2v) is 3.60. The maximum absolute atomic E-state index is 11.5. The summed E-state index contributed by atoms with van der Waals surface area (Å²) in [4.78, 5) is 31.9. The zero-order chi connectivity index (χ0) is 12.7. The fourth-order valence-electron chi connectivity index (χ4n) is 1.57. The molecule has 0 saturated carbocycles. The molecule has 0 aliphatic carbocycles. The highest BCUT2D eigenvalue weighted by molar-refractivity contribution is 6.44. The van der Waals surface area contributed by atoms with Gasteiger partial charge in [0.15, 0.2) is 11.3 Å². The Morgan fingerprint density at radius 2 is 2.06 bits per heavy atom. The van der Waals surface area contributed by atoms with Crippen molar-refractivity contribution in [2.75, 3.05) is 0 Å². The number of hydrogen-bond acceptors (Lipinski definition) is 5. The van der Waals surface area contributed by atoms with Gasteiger partial charge in [0, 0.05) is 12.3 Å². The summed E-state index contributed by atoms with van der Waals surface area (Å²) in [7, 11) is 0. The average Bonchev–Trinajstić information content (AvgIpc) is 2.78. The van der Waals surface area contributed by atoms with Crippen LogP contribution in [0.2, 0.25) is 0 Å². The zero-order valence-electron chi connectivity index (χ0n) is 8.89. The molecule has 0 aromatic carbocycles. The maximum atomic E-state index is 11.5. The van der Waals surface area contributed by atoms with Crippen LogP contribution in [0.3, 0.4) is 0 Å². The summed E-state index contributed by atoms with van der Waals surface area (Å²) in [5.74, 6) is -0.407. The van der Waals surface area contributed by atoms with Gasteiger partial charge in [-0.2, -0.15) is 0 Å². The van der Waals surface area contributed by atoms with Gasteiger partial charge in [0.25, 0.3) is 5.56 Å². The van der Waals surface area contributed by atoms with Crippen LogP contribution in [0.5, 0.6) is 0 Å². The molecular weight excluding hydrogens is 236 g/mol. The number of nitrogens with one attached hydrogen (secondary N) is 3. The maximum Gasteiger partial charge on any atom is 0.313 e. The minimum atomic E-state index is -0.701. The van der Waals surface area contributed by atoms with E-state index in [1.165, 1.54) is 12.3 Å². The molecule has 3 rings (SSSR count). The standard InChI is InChI=1S/C10H6N6O2/c11-4-3-6(15-16-9(4)17)8-13-5-1-2-12-10(18)7(5)14-8/h1-3,11H,(H,12,18)(H,13,14). The van der Waals surface area contributed by atoms with Crippen LogP contribution in [0.4, 0.5) is 0 Å². The molecule has 0 bridgehead atoms. The lowest BCUT2D eigenvalue weighted by molar-refractivity contribution is -0.112. The highest BCUT2D eigenvalue weighted by atomic mass is 16.2. The van der Waals surface area contributed by atoms with E-state index in [2.05, 4.69) is 25.2 Å². The summed E-state index contributed by atoms with van der Waals surface area (Å²) in [6.07, 6.45) is 2.75. The fourth-order valence-corrected chi connectivity index (χ4v) is 1.57. The number of hydrogen-bond donors (Lipinski definition) is 3. The molecule has 1 amide bonds. The Morgan fingerprint density at radius 1 is 1.22 bits per heavy atom. The third-order valence-corrected chi connectivity index (χ3v) is 2.41. The number of imidazole rings is 1. The van der Waals surface area contributed by atoms with E-state index in [1.54, 1.807) is 6.07 Å². The number of aromatic nitrogens is 3. The molecule has 0 fully saturated rings. The van der Waals surface area contributed by atoms with E-state index in [4.69, 9.17) is 5.41 Å². The molecule has 0 saturated heterocycles. The van der Waals surface area contributed by atoms with Crippen molar-refractivity contribution < 1.29 is 4.79 Å². The molecular formula is C10H6N6O2. The first-order valence-electron chi connectivity index (χ1n) is 4.99. The van der Waals surface area contributed by atoms with Crippen LogP contribution in [-0.4, -0.2) is 26.6 Å². The molecule has 8 nitrogen and oxygen atoms in total. The van der Waals surface area contributed by atoms with Crippen molar-refractivity contribution >= 4 is 28.3 Å². The molecule has 3 N–H and O–H groups in total. The van der Waals surface area contributed by atoms with E-state index in [0.717, 1.165) is 0 Å². The lowest BCUT2D eigenvalue weighted by Gasteiger charge is -2.00. The number of pyridine rings is 1. The van der Waals surface area contributed by atoms with Gasteiger partial charge in [-0.15, -0.1) is 10.2 Å². The number of H-pyrrole nitrogens is 2. The topological polar surface area (TPSA) is 127 Å². The highest BCUT2D eigenvalue weighted by Gasteiger charge is 2.17. The van der Waals surface area contributed by atoms with E-state index >= 15 is 0 Å². The Morgan fingerprint density at radius 3 is 2.78 bits per heavy atom. The van der Waals surface area contributed by atoms with Gasteiger partial charge in [-0.05, 0) is 6.07 Å². The summed E-state index contributed by atoms with van der Waals surface area (Å²) >= 11 is 0. The van der Waals surface area contributed by atoms with Crippen molar-refractivity contribution in [3.05, 3.63) is 34.5 Å². The van der Waals surface area contributed by atoms with Gasteiger partial charge < -0.3 is 9.97 Å². The molecule has 2 aromatic heterocycles. The van der Waals surface area contributed by atoms with Gasteiger partial charge in [-0.3, -0.25) is 15.0 Å². The van der Waals surface area contributed by atoms with Crippen LogP contribution in [-0.2, 0) is 4.79 Å². The van der Waals surface area contributed by atoms with E-state index in [0.29, 0.717) is 11.3 Å². The lowest BCUT2D eigenvalue weighted by atomic mass is 10.2. The van der Waals surface area contributed by atoms with Gasteiger partial charge in [-0.1, -0.05) is 0 Å². The van der Waals surface area contributed by atoms with Crippen molar-refractivity contribution in [2.24, 2.45) is 10.2 Å². The summed E-state index contributed by atoms with van der Waals surface area (Å²) in [6.45, 7) is 0. The van der Waals surface area contributed by atoms with Gasteiger partial charge in [0.1, 0.15) is 11.4 Å². The second kappa shape index (κ2) is 3.55. The lowest BCUT2D eigenvalue weighted by Crippen LogP contribution is -2.10. The predicted octanol–water partition coefficient (Wildman–Crippen LogP) is 0.604. The zero-order valence-corrected chi connectivity index (χ0v) is 8.89. The molecule has 3 heterocycles. The van der Waals surface area contributed by atoms with Crippen molar-refractivity contribution in [2.45, 2.75) is 0 Å². The number of nitrogens with zero attached hydrogens (tertiary/aromatic N) is 3. The monoisotopic (exact) mass is 242 g/mol. The van der Waals surface area contributed by atoms with E-state index in [9.17, 15) is 9.59 Å². The van der Waals surface area contributed by atoms with Gasteiger partial charge in [-0.25, -0.2) is 4.98 Å². The number of amides is 1. The largest absolute Gasteiger partial charge is 0.336 e. The van der Waals surface area contributed by atoms with Crippen LogP contribution in [0.1, 0.15) is 5.82 Å². The Hall–Kier alpha value is -2.90. The van der Waals surface area contributed by atoms with Crippen LogP contribution < -0.4 is 5.56 Å². The molecule has 18 heavy (non-hydrogen) atoms. The normalized spacial score (nSPS) is 15.2. The molecule has 2 aromatic rings. The molecule has 1 aliphatic rings. The van der Waals surface area contributed by atoms with Crippen LogP contribution in [0.15, 0.2) is 33.4 Å². The SMILES string of the molecule is N=C1C=C(c2nc3c(=O)[nH]ccc3[nH]2)N=NC1=O. The first-order valence-corrected chi connectivity index (χ1v) is 4.99. The Balaban J connectivity index is 2.17. The van der Waals surface area contributed by atoms with Crippen molar-refractivity contribution in [3.8, 4) is 0 Å². The van der Waals surface area contributed by atoms with Crippen molar-refractivity contribution in [1.29, 1.82) is 5.41 Å². The predicted molar refractivity (Wildman–Crippen MR) is 62.3 cm³/mol. The Bertz CT molecular complexity index is 794. The quantitative estimate of drug-likeness (QED) is 0.677. The average molecular weight is 242 g/mol. The molecule has 88 valence electrons. The second-order valence-electron chi connectivity index (χ2n) is 3.60. The smallest absolute Gasteiger partial charge is 0.313 e. The highest BCUT2D eigenvalue weighted by Crippen LogP contribution is 2.18. The summed E-state index contributed by atoms with van der Waals surface area (Å²) < 4.78 is 0. The first kappa shape index (κ1) is 10.3. The number of aromatic amines is 2. The van der Waals surface area contributed by atoms with Crippen LogP contribution >= 0.6 is 0 Å². The minimum absolute atomic E-state index is 0.243. The Kier molecular flexibility index (Phi) is 2.03. The number of carbonyl (C=O) groups is 1. The summed E-state index contributed by atoms with van der Waals surface area (Å²) in [6, 6.07) is 1.66. The van der Waals surface area contributed by atoms with E-state index in [1.807, 2.05) is 0 Å². The summed E-state index contributed by atoms with van der Waals surface area (Å²) in [5.41, 5.74) is 0.444. The molecule has 0 radical (unpaired) electrons. The molecule has 0 spiro atoms. The third-order valence-electron chi connectivity index (χ3n) is 2.41. The molecule has 8 heteroatoms. The molecule has 0 atom stereocenters. The molecule has 1 aliphatic heterocycles. The number of fused-ring (bicyclic) bond motifs is 1. The van der Waals surface area contributed by atoms with Gasteiger partial charge in [0.2, 0.25) is 0 Å². The third kappa shape index (κ3) is 1.47. The number of azo groups is 1. The van der Waals surface area contributed by atoms with Crippen molar-refractivity contribution in [1.82, 2.24) is 15.0 Å². The number of rotatable bonds is 1. The van der Waals surface area contributed by atoms with Crippen molar-refractivity contribution in [3.63, 3.8) is 0 Å². The van der Waals surface area contributed by atoms with E-state index < -0.39 is 5.91 Å². The van der Waals surface area contributed by atoms with E-state index in [-0.39, 0.29) is 22.5 Å². The van der Waals surface area contributed by atoms with Crippen LogP contribution in [0.25, 0.3) is 16.7 Å². The van der Waals surface area contributed by atoms with Gasteiger partial charge >= 0.3 is 5.91 Å². The first-order chi connectivity index (χ1) is 8.65. The fraction of sp³-hybridized carbons (Fsp3) is 0. The molecule has 0 unspecified atom stereocenters. The van der Waals surface area contributed by atoms with Crippen LogP contribution in [0, 0.1) is 5.41 Å². The summed E-state index contributed by atoms with van der Waals surface area (Å²) in [5, 5.41) is 14.3. The Labute approximate surface area is 99.0 Å². The van der Waals surface area contributed by atoms with Gasteiger partial charge in [0.05, 0.1) is 5.52 Å². The minimum Gasteiger partial charge on any atom is -0.336 e.